The predicted octanol–water partition coefficient (Wildman–Crippen LogP) is 5.26. The number of hydrogen-bond donors (Lipinski definition) is 1. The third-order valence-electron chi connectivity index (χ3n) is 4.28. The molecular weight excluding hydrogens is 356 g/mol. The second-order valence-electron chi connectivity index (χ2n) is 6.28. The zero-order chi connectivity index (χ0) is 19.2. The Hall–Kier alpha value is -2.66. The van der Waals surface area contributed by atoms with Crippen LogP contribution in [0.3, 0.4) is 0 Å². The third kappa shape index (κ3) is 4.95. The zero-order valence-electron chi connectivity index (χ0n) is 15.9. The minimum Gasteiger partial charge on any atom is -0.494 e. The van der Waals surface area contributed by atoms with Crippen molar-refractivity contribution < 1.29 is 9.53 Å². The van der Waals surface area contributed by atoms with Gasteiger partial charge in [-0.15, -0.1) is 11.3 Å². The number of carbonyl (C=O) groups excluding carboxylic acids is 1. The van der Waals surface area contributed by atoms with E-state index in [2.05, 4.69) is 29.4 Å². The third-order valence-corrected chi connectivity index (χ3v) is 5.16. The highest BCUT2D eigenvalue weighted by Crippen LogP contribution is 2.31. The van der Waals surface area contributed by atoms with Gasteiger partial charge in [-0.3, -0.25) is 4.79 Å². The molecule has 3 aromatic rings. The SMILES string of the molecule is CCOc1ccc(-c2nc(NC(=O)Cc3ccc(CC)cc3)sc2C)cc1. The van der Waals surface area contributed by atoms with Gasteiger partial charge in [-0.05, 0) is 55.7 Å². The van der Waals surface area contributed by atoms with Crippen LogP contribution in [0, 0.1) is 6.92 Å². The monoisotopic (exact) mass is 380 g/mol. The molecule has 0 spiro atoms. The maximum absolute atomic E-state index is 12.3. The Balaban J connectivity index is 1.67. The van der Waals surface area contributed by atoms with Gasteiger partial charge in [-0.2, -0.15) is 0 Å². The van der Waals surface area contributed by atoms with Crippen LogP contribution >= 0.6 is 11.3 Å². The van der Waals surface area contributed by atoms with E-state index in [0.29, 0.717) is 18.2 Å². The smallest absolute Gasteiger partial charge is 0.230 e. The standard InChI is InChI=1S/C22H24N2O2S/c1-4-16-6-8-17(9-7-16)14-20(25)23-22-24-21(15(3)27-22)18-10-12-19(13-11-18)26-5-2/h6-13H,4-5,14H2,1-3H3,(H,23,24,25). The molecule has 0 atom stereocenters. The number of nitrogens with zero attached hydrogens (tertiary/aromatic N) is 1. The first kappa shape index (κ1) is 19.1. The maximum atomic E-state index is 12.3. The summed E-state index contributed by atoms with van der Waals surface area (Å²) in [6.07, 6.45) is 1.35. The fraction of sp³-hybridized carbons (Fsp3) is 0.273. The van der Waals surface area contributed by atoms with Gasteiger partial charge >= 0.3 is 0 Å². The van der Waals surface area contributed by atoms with E-state index in [1.54, 1.807) is 0 Å². The van der Waals surface area contributed by atoms with Crippen LogP contribution in [0.5, 0.6) is 5.75 Å². The molecule has 0 radical (unpaired) electrons. The van der Waals surface area contributed by atoms with Crippen LogP contribution in [0.2, 0.25) is 0 Å². The Bertz CT molecular complexity index is 899. The van der Waals surface area contributed by atoms with Crippen molar-refractivity contribution in [1.82, 2.24) is 4.98 Å². The first-order valence-corrected chi connectivity index (χ1v) is 9.99. The number of carbonyl (C=O) groups is 1. The summed E-state index contributed by atoms with van der Waals surface area (Å²) in [6, 6.07) is 16.0. The van der Waals surface area contributed by atoms with E-state index in [-0.39, 0.29) is 5.91 Å². The Kier molecular flexibility index (Phi) is 6.24. The number of nitrogens with one attached hydrogen (secondary N) is 1. The minimum absolute atomic E-state index is 0.0498. The number of aryl methyl sites for hydroxylation is 2. The molecule has 140 valence electrons. The lowest BCUT2D eigenvalue weighted by atomic mass is 10.1. The van der Waals surface area contributed by atoms with Gasteiger partial charge in [-0.25, -0.2) is 4.98 Å². The zero-order valence-corrected chi connectivity index (χ0v) is 16.7. The van der Waals surface area contributed by atoms with Gasteiger partial charge in [0.05, 0.1) is 18.7 Å². The molecule has 1 N–H and O–H groups in total. The average molecular weight is 381 g/mol. The molecule has 0 aliphatic rings. The summed E-state index contributed by atoms with van der Waals surface area (Å²) >= 11 is 1.49. The molecule has 1 heterocycles. The number of ether oxygens (including phenoxy) is 1. The Labute approximate surface area is 164 Å². The summed E-state index contributed by atoms with van der Waals surface area (Å²) in [5, 5.41) is 3.56. The van der Waals surface area contributed by atoms with Crippen molar-refractivity contribution in [3.05, 3.63) is 64.5 Å². The predicted molar refractivity (Wildman–Crippen MR) is 112 cm³/mol. The summed E-state index contributed by atoms with van der Waals surface area (Å²) in [7, 11) is 0. The Morgan fingerprint density at radius 3 is 2.33 bits per heavy atom. The fourth-order valence-corrected chi connectivity index (χ4v) is 3.69. The number of hydrogen-bond acceptors (Lipinski definition) is 4. The van der Waals surface area contributed by atoms with Crippen molar-refractivity contribution in [2.45, 2.75) is 33.6 Å². The van der Waals surface area contributed by atoms with Crippen LogP contribution in [0.25, 0.3) is 11.3 Å². The number of anilines is 1. The molecule has 27 heavy (non-hydrogen) atoms. The van der Waals surface area contributed by atoms with Gasteiger partial charge in [0.1, 0.15) is 5.75 Å². The molecule has 0 aliphatic carbocycles. The lowest BCUT2D eigenvalue weighted by molar-refractivity contribution is -0.115. The lowest BCUT2D eigenvalue weighted by Gasteiger charge is -2.04. The van der Waals surface area contributed by atoms with Gasteiger partial charge in [0.15, 0.2) is 5.13 Å². The number of amides is 1. The number of rotatable bonds is 7. The molecule has 1 amide bonds. The molecule has 0 aliphatic heterocycles. The van der Waals surface area contributed by atoms with Crippen molar-refractivity contribution in [1.29, 1.82) is 0 Å². The molecule has 0 saturated carbocycles. The highest BCUT2D eigenvalue weighted by Gasteiger charge is 2.12. The first-order valence-electron chi connectivity index (χ1n) is 9.17. The van der Waals surface area contributed by atoms with Crippen LogP contribution in [-0.4, -0.2) is 17.5 Å². The van der Waals surface area contributed by atoms with E-state index >= 15 is 0 Å². The molecule has 4 nitrogen and oxygen atoms in total. The largest absolute Gasteiger partial charge is 0.494 e. The maximum Gasteiger partial charge on any atom is 0.230 e. The highest BCUT2D eigenvalue weighted by atomic mass is 32.1. The van der Waals surface area contributed by atoms with Crippen LogP contribution in [0.1, 0.15) is 29.9 Å². The Morgan fingerprint density at radius 2 is 1.70 bits per heavy atom. The van der Waals surface area contributed by atoms with Gasteiger partial charge in [0.25, 0.3) is 0 Å². The number of thiazole rings is 1. The second-order valence-corrected chi connectivity index (χ2v) is 7.48. The number of aromatic nitrogens is 1. The molecule has 5 heteroatoms. The summed E-state index contributed by atoms with van der Waals surface area (Å²) in [5.41, 5.74) is 4.19. The quantitative estimate of drug-likeness (QED) is 0.608. The van der Waals surface area contributed by atoms with Crippen LogP contribution in [0.15, 0.2) is 48.5 Å². The van der Waals surface area contributed by atoms with Crippen molar-refractivity contribution in [3.63, 3.8) is 0 Å². The van der Waals surface area contributed by atoms with E-state index in [1.807, 2.05) is 50.2 Å². The van der Waals surface area contributed by atoms with Crippen molar-refractivity contribution in [3.8, 4) is 17.0 Å². The van der Waals surface area contributed by atoms with E-state index in [1.165, 1.54) is 16.9 Å². The highest BCUT2D eigenvalue weighted by molar-refractivity contribution is 7.16. The molecule has 0 fully saturated rings. The van der Waals surface area contributed by atoms with Gasteiger partial charge in [-0.1, -0.05) is 31.2 Å². The van der Waals surface area contributed by atoms with Crippen molar-refractivity contribution in [2.24, 2.45) is 0 Å². The van der Waals surface area contributed by atoms with E-state index in [4.69, 9.17) is 4.74 Å². The molecule has 2 aromatic carbocycles. The summed E-state index contributed by atoms with van der Waals surface area (Å²) in [4.78, 5) is 18.0. The molecule has 0 unspecified atom stereocenters. The molecular formula is C22H24N2O2S. The normalized spacial score (nSPS) is 10.6. The first-order chi connectivity index (χ1) is 13.1. The topological polar surface area (TPSA) is 51.2 Å². The number of benzene rings is 2. The Morgan fingerprint density at radius 1 is 1.04 bits per heavy atom. The van der Waals surface area contributed by atoms with Crippen molar-refractivity contribution >= 4 is 22.4 Å². The van der Waals surface area contributed by atoms with E-state index in [9.17, 15) is 4.79 Å². The summed E-state index contributed by atoms with van der Waals surface area (Å²) in [5.74, 6) is 0.794. The van der Waals surface area contributed by atoms with Crippen LogP contribution < -0.4 is 10.1 Å². The van der Waals surface area contributed by atoms with E-state index in [0.717, 1.165) is 33.9 Å². The van der Waals surface area contributed by atoms with Crippen LogP contribution in [-0.2, 0) is 17.6 Å². The average Bonchev–Trinajstić information content (AvgIpc) is 3.03. The molecule has 3 rings (SSSR count). The van der Waals surface area contributed by atoms with Gasteiger partial charge < -0.3 is 10.1 Å². The molecule has 0 bridgehead atoms. The molecule has 1 aromatic heterocycles. The van der Waals surface area contributed by atoms with Crippen LogP contribution in [0.4, 0.5) is 5.13 Å². The second kappa shape index (κ2) is 8.82. The lowest BCUT2D eigenvalue weighted by Crippen LogP contribution is -2.14. The van der Waals surface area contributed by atoms with Gasteiger partial charge in [0, 0.05) is 10.4 Å². The van der Waals surface area contributed by atoms with E-state index < -0.39 is 0 Å². The minimum atomic E-state index is -0.0498. The van der Waals surface area contributed by atoms with Gasteiger partial charge in [0.2, 0.25) is 5.91 Å². The molecule has 0 saturated heterocycles. The fourth-order valence-electron chi connectivity index (χ4n) is 2.84. The van der Waals surface area contributed by atoms with Crippen molar-refractivity contribution in [2.75, 3.05) is 11.9 Å². The summed E-state index contributed by atoms with van der Waals surface area (Å²) < 4.78 is 5.48. The summed E-state index contributed by atoms with van der Waals surface area (Å²) in [6.45, 7) is 6.75.